The SMILES string of the molecule is COCC1CN(C(=O)Cc2ccc(S(C)(=O)=O)cc2)CC12CCNCC2. The van der Waals surface area contributed by atoms with E-state index in [4.69, 9.17) is 4.74 Å². The molecule has 2 fully saturated rings. The van der Waals surface area contributed by atoms with Crippen LogP contribution in [0.15, 0.2) is 29.2 Å². The number of hydrogen-bond donors (Lipinski definition) is 1. The first kappa shape index (κ1) is 19.3. The third-order valence-corrected chi connectivity index (χ3v) is 6.97. The molecule has 6 nitrogen and oxygen atoms in total. The van der Waals surface area contributed by atoms with Crippen molar-refractivity contribution in [3.8, 4) is 0 Å². The minimum atomic E-state index is -3.21. The molecule has 0 saturated carbocycles. The van der Waals surface area contributed by atoms with Crippen molar-refractivity contribution in [2.24, 2.45) is 11.3 Å². The summed E-state index contributed by atoms with van der Waals surface area (Å²) in [6.07, 6.45) is 3.64. The Morgan fingerprint density at radius 3 is 2.50 bits per heavy atom. The van der Waals surface area contributed by atoms with Crippen molar-refractivity contribution in [1.82, 2.24) is 10.2 Å². The topological polar surface area (TPSA) is 75.7 Å². The van der Waals surface area contributed by atoms with Crippen molar-refractivity contribution in [1.29, 1.82) is 0 Å². The van der Waals surface area contributed by atoms with Crippen molar-refractivity contribution in [3.63, 3.8) is 0 Å². The summed E-state index contributed by atoms with van der Waals surface area (Å²) in [6, 6.07) is 6.61. The van der Waals surface area contributed by atoms with E-state index in [-0.39, 0.29) is 16.2 Å². The number of nitrogens with one attached hydrogen (secondary N) is 1. The lowest BCUT2D eigenvalue weighted by atomic mass is 9.71. The van der Waals surface area contributed by atoms with E-state index in [0.29, 0.717) is 18.9 Å². The fourth-order valence-electron chi connectivity index (χ4n) is 4.29. The molecule has 1 aromatic rings. The molecule has 2 aliphatic rings. The normalized spacial score (nSPS) is 22.7. The van der Waals surface area contributed by atoms with Gasteiger partial charge in [0.05, 0.1) is 17.9 Å². The maximum Gasteiger partial charge on any atom is 0.227 e. The molecule has 2 heterocycles. The number of sulfone groups is 1. The monoisotopic (exact) mass is 380 g/mol. The molecule has 0 aliphatic carbocycles. The molecule has 1 spiro atoms. The van der Waals surface area contributed by atoms with Gasteiger partial charge in [0.25, 0.3) is 0 Å². The van der Waals surface area contributed by atoms with Crippen LogP contribution in [0, 0.1) is 11.3 Å². The van der Waals surface area contributed by atoms with Gasteiger partial charge in [0.1, 0.15) is 0 Å². The molecule has 26 heavy (non-hydrogen) atoms. The highest BCUT2D eigenvalue weighted by Crippen LogP contribution is 2.43. The smallest absolute Gasteiger partial charge is 0.227 e. The zero-order valence-electron chi connectivity index (χ0n) is 15.5. The number of ether oxygens (including phenoxy) is 1. The first-order chi connectivity index (χ1) is 12.3. The van der Waals surface area contributed by atoms with Crippen LogP contribution in [-0.4, -0.2) is 65.4 Å². The summed E-state index contributed by atoms with van der Waals surface area (Å²) in [4.78, 5) is 15.1. The number of amides is 1. The fourth-order valence-corrected chi connectivity index (χ4v) is 4.92. The second-order valence-corrected chi connectivity index (χ2v) is 9.65. The lowest BCUT2D eigenvalue weighted by Crippen LogP contribution is -2.43. The number of methoxy groups -OCH3 is 1. The number of piperidine rings is 1. The molecule has 1 aromatic carbocycles. The predicted octanol–water partition coefficient (Wildman–Crippen LogP) is 1.11. The highest BCUT2D eigenvalue weighted by molar-refractivity contribution is 7.90. The molecule has 1 atom stereocenters. The molecular weight excluding hydrogens is 352 g/mol. The third-order valence-electron chi connectivity index (χ3n) is 5.84. The molecule has 144 valence electrons. The molecule has 2 aliphatic heterocycles. The van der Waals surface area contributed by atoms with Crippen LogP contribution in [0.4, 0.5) is 0 Å². The second-order valence-electron chi connectivity index (χ2n) is 7.63. The number of nitrogens with zero attached hydrogens (tertiary/aromatic N) is 1. The number of benzene rings is 1. The van der Waals surface area contributed by atoms with E-state index in [1.807, 2.05) is 4.90 Å². The summed E-state index contributed by atoms with van der Waals surface area (Å²) in [6.45, 7) is 4.22. The Balaban J connectivity index is 1.68. The summed E-state index contributed by atoms with van der Waals surface area (Å²) < 4.78 is 28.5. The van der Waals surface area contributed by atoms with Crippen LogP contribution < -0.4 is 5.32 Å². The number of likely N-dealkylation sites (tertiary alicyclic amines) is 1. The Morgan fingerprint density at radius 1 is 1.27 bits per heavy atom. The van der Waals surface area contributed by atoms with Crippen molar-refractivity contribution < 1.29 is 17.9 Å². The van der Waals surface area contributed by atoms with Gasteiger partial charge in [0.2, 0.25) is 5.91 Å². The second kappa shape index (κ2) is 7.66. The van der Waals surface area contributed by atoms with Gasteiger partial charge in [-0.25, -0.2) is 8.42 Å². The molecule has 1 unspecified atom stereocenters. The Labute approximate surface area is 155 Å². The first-order valence-corrected chi connectivity index (χ1v) is 11.0. The van der Waals surface area contributed by atoms with Crippen LogP contribution in [0.3, 0.4) is 0 Å². The molecule has 2 saturated heterocycles. The van der Waals surface area contributed by atoms with E-state index >= 15 is 0 Å². The molecule has 0 bridgehead atoms. The summed E-state index contributed by atoms with van der Waals surface area (Å²) in [7, 11) is -1.49. The summed E-state index contributed by atoms with van der Waals surface area (Å²) >= 11 is 0. The maximum atomic E-state index is 12.8. The largest absolute Gasteiger partial charge is 0.384 e. The van der Waals surface area contributed by atoms with Gasteiger partial charge in [-0.15, -0.1) is 0 Å². The first-order valence-electron chi connectivity index (χ1n) is 9.10. The Hall–Kier alpha value is -1.44. The minimum absolute atomic E-state index is 0.105. The standard InChI is InChI=1S/C19H28N2O4S/c1-25-13-16-12-21(14-19(16)7-9-20-10-8-19)18(22)11-15-3-5-17(6-4-15)26(2,23)24/h3-6,16,20H,7-14H2,1-2H3. The fraction of sp³-hybridized carbons (Fsp3) is 0.632. The number of rotatable bonds is 5. The van der Waals surface area contributed by atoms with Crippen molar-refractivity contribution >= 4 is 15.7 Å². The number of carbonyl (C=O) groups excluding carboxylic acids is 1. The predicted molar refractivity (Wildman–Crippen MR) is 99.7 cm³/mol. The zero-order chi connectivity index (χ0) is 18.8. The van der Waals surface area contributed by atoms with E-state index in [0.717, 1.165) is 44.6 Å². The van der Waals surface area contributed by atoms with E-state index in [2.05, 4.69) is 5.32 Å². The number of hydrogen-bond acceptors (Lipinski definition) is 5. The van der Waals surface area contributed by atoms with Crippen molar-refractivity contribution in [2.45, 2.75) is 24.2 Å². The van der Waals surface area contributed by atoms with Gasteiger partial charge < -0.3 is 15.0 Å². The molecule has 0 aromatic heterocycles. The maximum absolute atomic E-state index is 12.8. The van der Waals surface area contributed by atoms with Gasteiger partial charge >= 0.3 is 0 Å². The van der Waals surface area contributed by atoms with Gasteiger partial charge in [-0.3, -0.25) is 4.79 Å². The van der Waals surface area contributed by atoms with Crippen molar-refractivity contribution in [2.75, 3.05) is 46.2 Å². The molecule has 7 heteroatoms. The van der Waals surface area contributed by atoms with Crippen LogP contribution in [0.25, 0.3) is 0 Å². The highest BCUT2D eigenvalue weighted by Gasteiger charge is 2.47. The zero-order valence-corrected chi connectivity index (χ0v) is 16.3. The van der Waals surface area contributed by atoms with E-state index in [9.17, 15) is 13.2 Å². The van der Waals surface area contributed by atoms with E-state index < -0.39 is 9.84 Å². The lowest BCUT2D eigenvalue weighted by molar-refractivity contribution is -0.130. The minimum Gasteiger partial charge on any atom is -0.384 e. The molecule has 1 N–H and O–H groups in total. The molecule has 0 radical (unpaired) electrons. The lowest BCUT2D eigenvalue weighted by Gasteiger charge is -2.38. The van der Waals surface area contributed by atoms with E-state index in [1.54, 1.807) is 31.4 Å². The summed E-state index contributed by atoms with van der Waals surface area (Å²) in [5.74, 6) is 0.486. The highest BCUT2D eigenvalue weighted by atomic mass is 32.2. The van der Waals surface area contributed by atoms with Gasteiger partial charge in [0.15, 0.2) is 9.84 Å². The van der Waals surface area contributed by atoms with Gasteiger partial charge in [-0.1, -0.05) is 12.1 Å². The van der Waals surface area contributed by atoms with Crippen LogP contribution in [0.1, 0.15) is 18.4 Å². The van der Waals surface area contributed by atoms with Gasteiger partial charge in [-0.2, -0.15) is 0 Å². The van der Waals surface area contributed by atoms with E-state index in [1.165, 1.54) is 6.26 Å². The molecule has 1 amide bonds. The van der Waals surface area contributed by atoms with Crippen LogP contribution in [0.2, 0.25) is 0 Å². The third kappa shape index (κ3) is 4.10. The van der Waals surface area contributed by atoms with Crippen LogP contribution in [-0.2, 0) is 25.8 Å². The van der Waals surface area contributed by atoms with Gasteiger partial charge in [-0.05, 0) is 49.0 Å². The quantitative estimate of drug-likeness (QED) is 0.828. The Kier molecular flexibility index (Phi) is 5.69. The van der Waals surface area contributed by atoms with Crippen LogP contribution >= 0.6 is 0 Å². The van der Waals surface area contributed by atoms with Crippen LogP contribution in [0.5, 0.6) is 0 Å². The molecule has 3 rings (SSSR count). The van der Waals surface area contributed by atoms with Gasteiger partial charge in [0, 0.05) is 32.4 Å². The Bertz CT molecular complexity index is 739. The van der Waals surface area contributed by atoms with Crippen molar-refractivity contribution in [3.05, 3.63) is 29.8 Å². The Morgan fingerprint density at radius 2 is 1.92 bits per heavy atom. The summed E-state index contributed by atoms with van der Waals surface area (Å²) in [5.41, 5.74) is 1.01. The average Bonchev–Trinajstić information content (AvgIpc) is 2.94. The summed E-state index contributed by atoms with van der Waals surface area (Å²) in [5, 5.41) is 3.41. The average molecular weight is 381 g/mol. The number of carbonyl (C=O) groups is 1. The molecular formula is C19H28N2O4S.